The first-order valence-corrected chi connectivity index (χ1v) is 8.33. The number of hydrogen-bond acceptors (Lipinski definition) is 6. The standard InChI is InChI=1S/C19H13ClN2O6/c1-2-7-27-18(25)12-8-10(3-5-14(12)20)15-6-4-11(28-15)9-13-16(23)21-19(26)22-17(13)24/h2-6,8-9H,1,7H2,(H2,21,22,23,24,26). The number of imide groups is 2. The lowest BCUT2D eigenvalue weighted by Gasteiger charge is -2.13. The molecule has 0 aliphatic carbocycles. The second-order valence-electron chi connectivity index (χ2n) is 5.58. The average Bonchev–Trinajstić information content (AvgIpc) is 3.11. The number of carbonyl (C=O) groups excluding carboxylic acids is 4. The van der Waals surface area contributed by atoms with Gasteiger partial charge >= 0.3 is 12.0 Å². The van der Waals surface area contributed by atoms with Crippen LogP contribution in [-0.2, 0) is 14.3 Å². The lowest BCUT2D eigenvalue weighted by molar-refractivity contribution is -0.123. The minimum Gasteiger partial charge on any atom is -0.458 e. The molecule has 1 aliphatic rings. The summed E-state index contributed by atoms with van der Waals surface area (Å²) in [6, 6.07) is 6.91. The first-order chi connectivity index (χ1) is 13.4. The minimum atomic E-state index is -0.885. The van der Waals surface area contributed by atoms with Gasteiger partial charge in [0.2, 0.25) is 0 Å². The van der Waals surface area contributed by atoms with E-state index in [1.54, 1.807) is 12.1 Å². The zero-order chi connectivity index (χ0) is 20.3. The molecule has 9 heteroatoms. The molecule has 0 saturated carbocycles. The number of barbiturate groups is 1. The number of amides is 4. The largest absolute Gasteiger partial charge is 0.458 e. The van der Waals surface area contributed by atoms with Gasteiger partial charge in [-0.25, -0.2) is 9.59 Å². The minimum absolute atomic E-state index is 0.0461. The third-order valence-corrected chi connectivity index (χ3v) is 3.99. The van der Waals surface area contributed by atoms with Crippen molar-refractivity contribution in [2.24, 2.45) is 0 Å². The fourth-order valence-electron chi connectivity index (χ4n) is 2.38. The first-order valence-electron chi connectivity index (χ1n) is 7.95. The summed E-state index contributed by atoms with van der Waals surface area (Å²) in [4.78, 5) is 46.7. The number of carbonyl (C=O) groups is 4. The molecule has 4 amide bonds. The Labute approximate surface area is 163 Å². The van der Waals surface area contributed by atoms with Gasteiger partial charge in [0.1, 0.15) is 23.7 Å². The van der Waals surface area contributed by atoms with Gasteiger partial charge in [0.25, 0.3) is 11.8 Å². The summed E-state index contributed by atoms with van der Waals surface area (Å²) in [5.74, 6) is -1.69. The van der Waals surface area contributed by atoms with E-state index in [1.165, 1.54) is 30.4 Å². The maximum absolute atomic E-state index is 12.1. The van der Waals surface area contributed by atoms with E-state index in [-0.39, 0.29) is 28.5 Å². The topological polar surface area (TPSA) is 115 Å². The second-order valence-corrected chi connectivity index (χ2v) is 5.99. The van der Waals surface area contributed by atoms with Crippen molar-refractivity contribution in [1.29, 1.82) is 0 Å². The summed E-state index contributed by atoms with van der Waals surface area (Å²) in [6.07, 6.45) is 2.64. The van der Waals surface area contributed by atoms with Crippen LogP contribution in [0.3, 0.4) is 0 Å². The Morgan fingerprint density at radius 1 is 1.14 bits per heavy atom. The van der Waals surface area contributed by atoms with Crippen LogP contribution < -0.4 is 10.6 Å². The molecule has 1 aliphatic heterocycles. The maximum Gasteiger partial charge on any atom is 0.339 e. The van der Waals surface area contributed by atoms with Gasteiger partial charge in [-0.3, -0.25) is 20.2 Å². The Morgan fingerprint density at radius 2 is 1.86 bits per heavy atom. The number of urea groups is 1. The summed E-state index contributed by atoms with van der Waals surface area (Å²) in [7, 11) is 0. The highest BCUT2D eigenvalue weighted by Gasteiger charge is 2.28. The number of hydrogen-bond donors (Lipinski definition) is 2. The molecule has 142 valence electrons. The third kappa shape index (κ3) is 4.02. The molecule has 0 bridgehead atoms. The SMILES string of the molecule is C=CCOC(=O)c1cc(-c2ccc(C=C3C(=O)NC(=O)NC3=O)o2)ccc1Cl. The van der Waals surface area contributed by atoms with E-state index in [0.717, 1.165) is 0 Å². The maximum atomic E-state index is 12.1. The molecule has 8 nitrogen and oxygen atoms in total. The Balaban J connectivity index is 1.88. The van der Waals surface area contributed by atoms with E-state index in [1.807, 2.05) is 10.6 Å². The molecule has 1 aromatic carbocycles. The van der Waals surface area contributed by atoms with Crippen LogP contribution in [0.25, 0.3) is 17.4 Å². The van der Waals surface area contributed by atoms with E-state index in [0.29, 0.717) is 11.3 Å². The fraction of sp³-hybridized carbons (Fsp3) is 0.0526. The molecule has 28 heavy (non-hydrogen) atoms. The normalized spacial score (nSPS) is 13.6. The second kappa shape index (κ2) is 7.93. The van der Waals surface area contributed by atoms with Gasteiger partial charge < -0.3 is 9.15 Å². The monoisotopic (exact) mass is 400 g/mol. The fourth-order valence-corrected chi connectivity index (χ4v) is 2.58. The lowest BCUT2D eigenvalue weighted by atomic mass is 10.1. The number of nitrogens with one attached hydrogen (secondary N) is 2. The zero-order valence-corrected chi connectivity index (χ0v) is 15.0. The first kappa shape index (κ1) is 19.1. The lowest BCUT2D eigenvalue weighted by Crippen LogP contribution is -2.51. The Morgan fingerprint density at radius 3 is 2.54 bits per heavy atom. The highest BCUT2D eigenvalue weighted by atomic mass is 35.5. The summed E-state index contributed by atoms with van der Waals surface area (Å²) < 4.78 is 10.6. The van der Waals surface area contributed by atoms with Gasteiger partial charge in [0.05, 0.1) is 10.6 Å². The van der Waals surface area contributed by atoms with Crippen molar-refractivity contribution < 1.29 is 28.3 Å². The molecule has 2 aromatic rings. The highest BCUT2D eigenvalue weighted by Crippen LogP contribution is 2.28. The smallest absolute Gasteiger partial charge is 0.339 e. The molecule has 0 atom stereocenters. The quantitative estimate of drug-likeness (QED) is 0.345. The van der Waals surface area contributed by atoms with Crippen molar-refractivity contribution in [2.75, 3.05) is 6.61 Å². The van der Waals surface area contributed by atoms with Gasteiger partial charge in [-0.05, 0) is 36.4 Å². The molecule has 0 radical (unpaired) electrons. The molecule has 3 rings (SSSR count). The Kier molecular flexibility index (Phi) is 5.42. The summed E-state index contributed by atoms with van der Waals surface area (Å²) >= 11 is 6.05. The van der Waals surface area contributed by atoms with Crippen LogP contribution in [-0.4, -0.2) is 30.4 Å². The molecule has 1 fully saturated rings. The predicted molar refractivity (Wildman–Crippen MR) is 99.3 cm³/mol. The van der Waals surface area contributed by atoms with E-state index < -0.39 is 23.8 Å². The zero-order valence-electron chi connectivity index (χ0n) is 14.3. The van der Waals surface area contributed by atoms with Crippen LogP contribution in [0.2, 0.25) is 5.02 Å². The highest BCUT2D eigenvalue weighted by molar-refractivity contribution is 6.33. The molecule has 1 aromatic heterocycles. The predicted octanol–water partition coefficient (Wildman–Crippen LogP) is 2.69. The van der Waals surface area contributed by atoms with Gasteiger partial charge in [-0.1, -0.05) is 24.3 Å². The summed E-state index contributed by atoms with van der Waals surface area (Å²) in [5, 5.41) is 4.15. The number of halogens is 1. The molecular formula is C19H13ClN2O6. The Hall–Kier alpha value is -3.65. The molecule has 0 unspecified atom stereocenters. The average molecular weight is 401 g/mol. The van der Waals surface area contributed by atoms with Crippen molar-refractivity contribution in [1.82, 2.24) is 10.6 Å². The molecule has 2 heterocycles. The van der Waals surface area contributed by atoms with E-state index in [2.05, 4.69) is 6.58 Å². The van der Waals surface area contributed by atoms with Crippen molar-refractivity contribution in [3.05, 3.63) is 64.9 Å². The summed E-state index contributed by atoms with van der Waals surface area (Å²) in [5.41, 5.74) is 0.416. The number of furan rings is 1. The Bertz CT molecular complexity index is 1010. The molecule has 1 saturated heterocycles. The van der Waals surface area contributed by atoms with Crippen LogP contribution in [0.4, 0.5) is 4.79 Å². The molecular weight excluding hydrogens is 388 g/mol. The molecule has 0 spiro atoms. The van der Waals surface area contributed by atoms with Gasteiger partial charge in [-0.2, -0.15) is 0 Å². The van der Waals surface area contributed by atoms with Crippen molar-refractivity contribution in [2.45, 2.75) is 0 Å². The van der Waals surface area contributed by atoms with Crippen LogP contribution in [0.15, 0.2) is 53.0 Å². The number of esters is 1. The third-order valence-electron chi connectivity index (χ3n) is 3.66. The van der Waals surface area contributed by atoms with Crippen molar-refractivity contribution in [3.63, 3.8) is 0 Å². The van der Waals surface area contributed by atoms with Crippen LogP contribution in [0.5, 0.6) is 0 Å². The van der Waals surface area contributed by atoms with Gasteiger partial charge in [0.15, 0.2) is 0 Å². The van der Waals surface area contributed by atoms with E-state index in [4.69, 9.17) is 20.8 Å². The number of ether oxygens (including phenoxy) is 1. The summed E-state index contributed by atoms with van der Waals surface area (Å²) in [6.45, 7) is 3.52. The van der Waals surface area contributed by atoms with Crippen LogP contribution >= 0.6 is 11.6 Å². The van der Waals surface area contributed by atoms with Gasteiger partial charge in [0, 0.05) is 5.56 Å². The number of rotatable bonds is 5. The van der Waals surface area contributed by atoms with Crippen molar-refractivity contribution >= 4 is 41.5 Å². The van der Waals surface area contributed by atoms with Crippen LogP contribution in [0, 0.1) is 0 Å². The van der Waals surface area contributed by atoms with Crippen molar-refractivity contribution in [3.8, 4) is 11.3 Å². The van der Waals surface area contributed by atoms with Gasteiger partial charge in [-0.15, -0.1) is 0 Å². The number of benzene rings is 1. The van der Waals surface area contributed by atoms with E-state index in [9.17, 15) is 19.2 Å². The van der Waals surface area contributed by atoms with Crippen LogP contribution in [0.1, 0.15) is 16.1 Å². The van der Waals surface area contributed by atoms with E-state index >= 15 is 0 Å². The molecule has 2 N–H and O–H groups in total.